The SMILES string of the molecule is CCN1C(=O)S/C(=C/c2cc(OC)c(O)c(Br)c2Br)C1=O. The first-order valence-electron chi connectivity index (χ1n) is 5.91. The molecule has 1 fully saturated rings. The summed E-state index contributed by atoms with van der Waals surface area (Å²) in [6.45, 7) is 2.08. The number of benzene rings is 1. The lowest BCUT2D eigenvalue weighted by molar-refractivity contribution is -0.122. The summed E-state index contributed by atoms with van der Waals surface area (Å²) in [5.41, 5.74) is 0.623. The molecule has 112 valence electrons. The van der Waals surface area contributed by atoms with Crippen LogP contribution in [0.15, 0.2) is 19.9 Å². The van der Waals surface area contributed by atoms with Gasteiger partial charge in [0.15, 0.2) is 11.5 Å². The molecule has 2 amide bonds. The van der Waals surface area contributed by atoms with E-state index in [-0.39, 0.29) is 22.6 Å². The largest absolute Gasteiger partial charge is 0.503 e. The second-order valence-corrected chi connectivity index (χ2v) is 6.65. The Morgan fingerprint density at radius 1 is 1.38 bits per heavy atom. The van der Waals surface area contributed by atoms with Crippen LogP contribution in [0.1, 0.15) is 12.5 Å². The average molecular weight is 437 g/mol. The monoisotopic (exact) mass is 435 g/mol. The highest BCUT2D eigenvalue weighted by molar-refractivity contribution is 9.13. The van der Waals surface area contributed by atoms with E-state index in [0.29, 0.717) is 26.0 Å². The van der Waals surface area contributed by atoms with Crippen molar-refractivity contribution in [2.75, 3.05) is 13.7 Å². The molecule has 0 bridgehead atoms. The predicted octanol–water partition coefficient (Wildman–Crippen LogP) is 3.98. The summed E-state index contributed by atoms with van der Waals surface area (Å²) >= 11 is 7.48. The van der Waals surface area contributed by atoms with E-state index in [1.54, 1.807) is 19.1 Å². The molecule has 1 aliphatic heterocycles. The molecule has 1 aromatic rings. The number of nitrogens with zero attached hydrogens (tertiary/aromatic N) is 1. The van der Waals surface area contributed by atoms with Crippen molar-refractivity contribution in [2.24, 2.45) is 0 Å². The average Bonchev–Trinajstić information content (AvgIpc) is 2.73. The zero-order valence-electron chi connectivity index (χ0n) is 11.1. The van der Waals surface area contributed by atoms with Gasteiger partial charge >= 0.3 is 0 Å². The predicted molar refractivity (Wildman–Crippen MR) is 88.4 cm³/mol. The van der Waals surface area contributed by atoms with Crippen molar-refractivity contribution in [2.45, 2.75) is 6.92 Å². The summed E-state index contributed by atoms with van der Waals surface area (Å²) in [5.74, 6) is -0.0863. The number of carbonyl (C=O) groups excluding carboxylic acids is 2. The fraction of sp³-hybridized carbons (Fsp3) is 0.231. The van der Waals surface area contributed by atoms with E-state index in [1.165, 1.54) is 12.0 Å². The van der Waals surface area contributed by atoms with Crippen molar-refractivity contribution >= 4 is 60.8 Å². The second kappa shape index (κ2) is 6.41. The van der Waals surface area contributed by atoms with E-state index in [0.717, 1.165) is 11.8 Å². The standard InChI is InChI=1S/C13H11Br2NO4S/c1-3-16-12(18)8(21-13(16)19)5-6-4-7(20-2)11(17)10(15)9(6)14/h4-5,17H,3H2,1-2H3/b8-5+. The molecule has 8 heteroatoms. The van der Waals surface area contributed by atoms with Gasteiger partial charge in [-0.25, -0.2) is 0 Å². The molecule has 1 heterocycles. The van der Waals surface area contributed by atoms with Crippen molar-refractivity contribution < 1.29 is 19.4 Å². The first kappa shape index (κ1) is 16.4. The normalized spacial score (nSPS) is 17.0. The number of aromatic hydroxyl groups is 1. The van der Waals surface area contributed by atoms with Gasteiger partial charge in [-0.15, -0.1) is 0 Å². The van der Waals surface area contributed by atoms with Gasteiger partial charge in [0.1, 0.15) is 0 Å². The number of hydrogen-bond donors (Lipinski definition) is 1. The Balaban J connectivity index is 2.49. The van der Waals surface area contributed by atoms with Gasteiger partial charge in [-0.2, -0.15) is 0 Å². The lowest BCUT2D eigenvalue weighted by Crippen LogP contribution is -2.27. The fourth-order valence-electron chi connectivity index (χ4n) is 1.79. The van der Waals surface area contributed by atoms with Crippen molar-refractivity contribution in [1.29, 1.82) is 0 Å². The third-order valence-electron chi connectivity index (χ3n) is 2.87. The molecule has 0 aliphatic carbocycles. The molecule has 1 aromatic carbocycles. The van der Waals surface area contributed by atoms with Crippen molar-refractivity contribution in [3.05, 3.63) is 25.5 Å². The number of thioether (sulfide) groups is 1. The fourth-order valence-corrected chi connectivity index (χ4v) is 3.52. The van der Waals surface area contributed by atoms with Gasteiger partial charge in [0.05, 0.1) is 16.5 Å². The molecule has 1 aliphatic rings. The lowest BCUT2D eigenvalue weighted by atomic mass is 10.2. The molecule has 0 radical (unpaired) electrons. The number of rotatable bonds is 3. The first-order valence-corrected chi connectivity index (χ1v) is 8.31. The molecule has 0 atom stereocenters. The zero-order chi connectivity index (χ0) is 15.7. The summed E-state index contributed by atoms with van der Waals surface area (Å²) in [6, 6.07) is 1.59. The van der Waals surface area contributed by atoms with E-state index in [9.17, 15) is 14.7 Å². The van der Waals surface area contributed by atoms with Crippen molar-refractivity contribution in [1.82, 2.24) is 4.90 Å². The topological polar surface area (TPSA) is 66.8 Å². The van der Waals surface area contributed by atoms with Crippen LogP contribution in [-0.2, 0) is 4.79 Å². The number of phenolic OH excluding ortho intramolecular Hbond substituents is 1. The van der Waals surface area contributed by atoms with Crippen LogP contribution in [-0.4, -0.2) is 34.8 Å². The molecular formula is C13H11Br2NO4S. The first-order chi connectivity index (χ1) is 9.90. The summed E-state index contributed by atoms with van der Waals surface area (Å²) in [4.78, 5) is 25.3. The minimum absolute atomic E-state index is 0.0387. The zero-order valence-corrected chi connectivity index (χ0v) is 15.1. The van der Waals surface area contributed by atoms with E-state index in [1.807, 2.05) is 0 Å². The number of amides is 2. The van der Waals surface area contributed by atoms with Crippen LogP contribution in [0.3, 0.4) is 0 Å². The minimum atomic E-state index is -0.317. The molecule has 5 nitrogen and oxygen atoms in total. The Kier molecular flexibility index (Phi) is 5.00. The summed E-state index contributed by atoms with van der Waals surface area (Å²) < 4.78 is 6.07. The number of hydrogen-bond acceptors (Lipinski definition) is 5. The number of carbonyl (C=O) groups is 2. The van der Waals surface area contributed by atoms with Crippen molar-refractivity contribution in [3.63, 3.8) is 0 Å². The van der Waals surface area contributed by atoms with Crippen LogP contribution in [0, 0.1) is 0 Å². The maximum atomic E-state index is 12.1. The van der Waals surface area contributed by atoms with Gasteiger partial charge in [0, 0.05) is 11.0 Å². The van der Waals surface area contributed by atoms with Gasteiger partial charge in [-0.05, 0) is 68.3 Å². The highest BCUT2D eigenvalue weighted by atomic mass is 79.9. The third kappa shape index (κ3) is 2.97. The summed E-state index contributed by atoms with van der Waals surface area (Å²) in [6.07, 6.45) is 1.59. The van der Waals surface area contributed by atoms with E-state index < -0.39 is 0 Å². The molecule has 1 saturated heterocycles. The molecule has 0 spiro atoms. The van der Waals surface area contributed by atoms with Gasteiger partial charge in [0.2, 0.25) is 0 Å². The van der Waals surface area contributed by atoms with E-state index >= 15 is 0 Å². The number of halogens is 2. The molecular weight excluding hydrogens is 426 g/mol. The number of phenols is 1. The minimum Gasteiger partial charge on any atom is -0.503 e. The maximum Gasteiger partial charge on any atom is 0.293 e. The van der Waals surface area contributed by atoms with E-state index in [2.05, 4.69) is 31.9 Å². The number of likely N-dealkylation sites (N-methyl/N-ethyl adjacent to an activating group) is 1. The number of methoxy groups -OCH3 is 1. The van der Waals surface area contributed by atoms with Crippen LogP contribution in [0.2, 0.25) is 0 Å². The van der Waals surface area contributed by atoms with Gasteiger partial charge in [0.25, 0.3) is 11.1 Å². The Bertz CT molecular complexity index is 660. The molecule has 0 unspecified atom stereocenters. The lowest BCUT2D eigenvalue weighted by Gasteiger charge is -2.10. The van der Waals surface area contributed by atoms with Crippen LogP contribution >= 0.6 is 43.6 Å². The second-order valence-electron chi connectivity index (χ2n) is 4.07. The van der Waals surface area contributed by atoms with Crippen LogP contribution in [0.25, 0.3) is 6.08 Å². The summed E-state index contributed by atoms with van der Waals surface area (Å²) in [7, 11) is 1.43. The molecule has 1 N–H and O–H groups in total. The van der Waals surface area contributed by atoms with Gasteiger partial charge < -0.3 is 9.84 Å². The molecule has 2 rings (SSSR count). The Morgan fingerprint density at radius 3 is 2.57 bits per heavy atom. The Labute approximate surface area is 142 Å². The quantitative estimate of drug-likeness (QED) is 0.725. The van der Waals surface area contributed by atoms with Gasteiger partial charge in [-0.1, -0.05) is 0 Å². The molecule has 0 saturated carbocycles. The third-order valence-corrected chi connectivity index (χ3v) is 5.94. The Hall–Kier alpha value is -0.990. The smallest absolute Gasteiger partial charge is 0.293 e. The summed E-state index contributed by atoms with van der Waals surface area (Å²) in [5, 5.41) is 9.60. The number of ether oxygens (including phenoxy) is 1. The van der Waals surface area contributed by atoms with Crippen LogP contribution < -0.4 is 4.74 Å². The van der Waals surface area contributed by atoms with Crippen molar-refractivity contribution in [3.8, 4) is 11.5 Å². The molecule has 0 aromatic heterocycles. The highest BCUT2D eigenvalue weighted by Crippen LogP contribution is 2.43. The number of imide groups is 1. The van der Waals surface area contributed by atoms with Gasteiger partial charge in [-0.3, -0.25) is 14.5 Å². The van der Waals surface area contributed by atoms with Crippen LogP contribution in [0.5, 0.6) is 11.5 Å². The van der Waals surface area contributed by atoms with Crippen LogP contribution in [0.4, 0.5) is 4.79 Å². The highest BCUT2D eigenvalue weighted by Gasteiger charge is 2.34. The van der Waals surface area contributed by atoms with E-state index in [4.69, 9.17) is 4.74 Å². The molecule has 21 heavy (non-hydrogen) atoms. The maximum absolute atomic E-state index is 12.1. The Morgan fingerprint density at radius 2 is 2.05 bits per heavy atom.